The van der Waals surface area contributed by atoms with Gasteiger partial charge in [-0.05, 0) is 31.2 Å². The van der Waals surface area contributed by atoms with Crippen LogP contribution in [0.2, 0.25) is 0 Å². The zero-order valence-electron chi connectivity index (χ0n) is 13.9. The smallest absolute Gasteiger partial charge is 0.342 e. The van der Waals surface area contributed by atoms with E-state index in [0.717, 1.165) is 11.1 Å². The Bertz CT molecular complexity index is 900. The van der Waals surface area contributed by atoms with Crippen molar-refractivity contribution >= 4 is 5.97 Å². The molecule has 1 heterocycles. The molecule has 1 aromatic heterocycles. The quantitative estimate of drug-likeness (QED) is 0.714. The van der Waals surface area contributed by atoms with Crippen LogP contribution in [0.3, 0.4) is 0 Å². The van der Waals surface area contributed by atoms with Crippen LogP contribution >= 0.6 is 0 Å². The van der Waals surface area contributed by atoms with E-state index in [-0.39, 0.29) is 17.9 Å². The van der Waals surface area contributed by atoms with Gasteiger partial charge in [0.1, 0.15) is 22.8 Å². The lowest BCUT2D eigenvalue weighted by Gasteiger charge is -2.05. The van der Waals surface area contributed by atoms with E-state index < -0.39 is 5.97 Å². The van der Waals surface area contributed by atoms with E-state index in [0.29, 0.717) is 17.2 Å². The topological polar surface area (TPSA) is 81.8 Å². The first-order chi connectivity index (χ1) is 12.1. The van der Waals surface area contributed by atoms with Crippen LogP contribution in [0.15, 0.2) is 53.1 Å². The minimum absolute atomic E-state index is 0.0889. The Balaban J connectivity index is 1.72. The lowest BCUT2D eigenvalue weighted by molar-refractivity contribution is 0.0434. The molecule has 0 radical (unpaired) electrons. The number of esters is 1. The predicted molar refractivity (Wildman–Crippen MR) is 90.5 cm³/mol. The van der Waals surface area contributed by atoms with Crippen LogP contribution in [0.1, 0.15) is 21.7 Å². The minimum atomic E-state index is -0.628. The summed E-state index contributed by atoms with van der Waals surface area (Å²) >= 11 is 0. The molecule has 0 aliphatic rings. The van der Waals surface area contributed by atoms with Crippen LogP contribution in [0.5, 0.6) is 11.5 Å². The van der Waals surface area contributed by atoms with Gasteiger partial charge in [-0.15, -0.1) is 0 Å². The van der Waals surface area contributed by atoms with Gasteiger partial charge in [-0.3, -0.25) is 0 Å². The van der Waals surface area contributed by atoms with Crippen LogP contribution in [-0.2, 0) is 11.3 Å². The summed E-state index contributed by atoms with van der Waals surface area (Å²) < 4.78 is 15.7. The molecule has 3 aromatic rings. The first-order valence-electron chi connectivity index (χ1n) is 7.64. The van der Waals surface area contributed by atoms with E-state index in [1.165, 1.54) is 6.07 Å². The fourth-order valence-electron chi connectivity index (χ4n) is 2.39. The normalized spacial score (nSPS) is 10.5. The number of methoxy groups -OCH3 is 1. The molecule has 0 aliphatic heterocycles. The summed E-state index contributed by atoms with van der Waals surface area (Å²) in [6.45, 7) is 1.74. The molecule has 25 heavy (non-hydrogen) atoms. The number of benzene rings is 2. The Labute approximate surface area is 144 Å². The highest BCUT2D eigenvalue weighted by molar-refractivity contribution is 5.92. The summed E-state index contributed by atoms with van der Waals surface area (Å²) in [5, 5.41) is 13.7. The second-order valence-electron chi connectivity index (χ2n) is 5.48. The molecule has 0 unspecified atom stereocenters. The minimum Gasteiger partial charge on any atom is -0.507 e. The van der Waals surface area contributed by atoms with Gasteiger partial charge in [0.2, 0.25) is 0 Å². The van der Waals surface area contributed by atoms with Crippen LogP contribution < -0.4 is 4.74 Å². The van der Waals surface area contributed by atoms with E-state index in [2.05, 4.69) is 5.16 Å². The number of aryl methyl sites for hydroxylation is 1. The highest BCUT2D eigenvalue weighted by Crippen LogP contribution is 2.29. The molecular formula is C19H17NO5. The Hall–Kier alpha value is -3.28. The van der Waals surface area contributed by atoms with Gasteiger partial charge in [0.15, 0.2) is 12.4 Å². The van der Waals surface area contributed by atoms with E-state index in [1.807, 2.05) is 31.2 Å². The molecule has 0 amide bonds. The lowest BCUT2D eigenvalue weighted by Crippen LogP contribution is -2.05. The maximum Gasteiger partial charge on any atom is 0.342 e. The van der Waals surface area contributed by atoms with Crippen LogP contribution in [0.4, 0.5) is 0 Å². The lowest BCUT2D eigenvalue weighted by atomic mass is 10.1. The standard InChI is InChI=1S/C19H17NO5/c1-12-7-8-17(21)15(9-12)19(22)24-11-13-10-16(20-25-13)14-5-3-4-6-18(14)23-2/h3-10,21H,11H2,1-2H3. The summed E-state index contributed by atoms with van der Waals surface area (Å²) in [7, 11) is 1.58. The summed E-state index contributed by atoms with van der Waals surface area (Å²) in [6, 6.07) is 13.8. The fourth-order valence-corrected chi connectivity index (χ4v) is 2.39. The summed E-state index contributed by atoms with van der Waals surface area (Å²) in [5.74, 6) is 0.310. The van der Waals surface area contributed by atoms with Gasteiger partial charge in [-0.1, -0.05) is 28.9 Å². The van der Waals surface area contributed by atoms with Gasteiger partial charge in [-0.25, -0.2) is 4.79 Å². The third-order valence-electron chi connectivity index (χ3n) is 3.66. The van der Waals surface area contributed by atoms with Crippen molar-refractivity contribution in [1.29, 1.82) is 0 Å². The molecule has 128 valence electrons. The first kappa shape index (κ1) is 16.6. The predicted octanol–water partition coefficient (Wildman–Crippen LogP) is 3.72. The number of nitrogens with zero attached hydrogens (tertiary/aromatic N) is 1. The molecule has 0 saturated heterocycles. The second-order valence-corrected chi connectivity index (χ2v) is 5.48. The summed E-state index contributed by atoms with van der Waals surface area (Å²) in [5.41, 5.74) is 2.33. The Morgan fingerprint density at radius 1 is 1.20 bits per heavy atom. The number of hydrogen-bond acceptors (Lipinski definition) is 6. The molecule has 6 nitrogen and oxygen atoms in total. The number of rotatable bonds is 5. The third kappa shape index (κ3) is 3.63. The Kier molecular flexibility index (Phi) is 4.70. The summed E-state index contributed by atoms with van der Waals surface area (Å²) in [6.07, 6.45) is 0. The van der Waals surface area contributed by atoms with Crippen molar-refractivity contribution in [1.82, 2.24) is 5.16 Å². The highest BCUT2D eigenvalue weighted by atomic mass is 16.5. The molecule has 0 bridgehead atoms. The number of aromatic nitrogens is 1. The van der Waals surface area contributed by atoms with E-state index >= 15 is 0 Å². The summed E-state index contributed by atoms with van der Waals surface area (Å²) in [4.78, 5) is 12.1. The van der Waals surface area contributed by atoms with Gasteiger partial charge in [0.25, 0.3) is 0 Å². The average molecular weight is 339 g/mol. The van der Waals surface area contributed by atoms with Crippen molar-refractivity contribution in [3.8, 4) is 22.8 Å². The zero-order valence-corrected chi connectivity index (χ0v) is 13.9. The maximum absolute atomic E-state index is 12.1. The van der Waals surface area contributed by atoms with Gasteiger partial charge >= 0.3 is 5.97 Å². The van der Waals surface area contributed by atoms with Gasteiger partial charge in [-0.2, -0.15) is 0 Å². The molecule has 1 N–H and O–H groups in total. The van der Waals surface area contributed by atoms with Crippen molar-refractivity contribution in [3.63, 3.8) is 0 Å². The number of ether oxygens (including phenoxy) is 2. The number of phenolic OH excluding ortho intramolecular Hbond substituents is 1. The van der Waals surface area contributed by atoms with Gasteiger partial charge in [0.05, 0.1) is 7.11 Å². The molecule has 3 rings (SSSR count). The van der Waals surface area contributed by atoms with Crippen molar-refractivity contribution in [2.45, 2.75) is 13.5 Å². The van der Waals surface area contributed by atoms with Gasteiger partial charge in [0, 0.05) is 11.6 Å². The van der Waals surface area contributed by atoms with Crippen molar-refractivity contribution in [2.24, 2.45) is 0 Å². The Morgan fingerprint density at radius 2 is 2.00 bits per heavy atom. The molecule has 0 atom stereocenters. The van der Waals surface area contributed by atoms with E-state index in [9.17, 15) is 9.90 Å². The molecule has 0 saturated carbocycles. The maximum atomic E-state index is 12.1. The number of carbonyl (C=O) groups is 1. The van der Waals surface area contributed by atoms with Crippen molar-refractivity contribution < 1.29 is 23.9 Å². The van der Waals surface area contributed by atoms with Gasteiger partial charge < -0.3 is 19.1 Å². The van der Waals surface area contributed by atoms with Crippen LogP contribution in [0.25, 0.3) is 11.3 Å². The number of hydrogen-bond donors (Lipinski definition) is 1. The molecule has 0 aliphatic carbocycles. The first-order valence-corrected chi connectivity index (χ1v) is 7.64. The molecule has 2 aromatic carbocycles. The molecule has 0 fully saturated rings. The second kappa shape index (κ2) is 7.09. The molecule has 6 heteroatoms. The number of carbonyl (C=O) groups excluding carboxylic acids is 1. The third-order valence-corrected chi connectivity index (χ3v) is 3.66. The Morgan fingerprint density at radius 3 is 2.80 bits per heavy atom. The number of para-hydroxylation sites is 1. The SMILES string of the molecule is COc1ccccc1-c1cc(COC(=O)c2cc(C)ccc2O)on1. The highest BCUT2D eigenvalue weighted by Gasteiger charge is 2.15. The molecule has 0 spiro atoms. The largest absolute Gasteiger partial charge is 0.507 e. The van der Waals surface area contributed by atoms with Crippen LogP contribution in [0, 0.1) is 6.92 Å². The van der Waals surface area contributed by atoms with Crippen molar-refractivity contribution in [3.05, 3.63) is 65.4 Å². The number of aromatic hydroxyl groups is 1. The monoisotopic (exact) mass is 339 g/mol. The zero-order chi connectivity index (χ0) is 17.8. The van der Waals surface area contributed by atoms with Crippen LogP contribution in [-0.4, -0.2) is 23.3 Å². The van der Waals surface area contributed by atoms with E-state index in [4.69, 9.17) is 14.0 Å². The fraction of sp³-hybridized carbons (Fsp3) is 0.158. The molecular weight excluding hydrogens is 322 g/mol. The number of phenols is 1. The van der Waals surface area contributed by atoms with Crippen molar-refractivity contribution in [2.75, 3.05) is 7.11 Å². The van der Waals surface area contributed by atoms with E-state index in [1.54, 1.807) is 25.3 Å². The average Bonchev–Trinajstić information content (AvgIpc) is 3.10.